The van der Waals surface area contributed by atoms with Crippen molar-refractivity contribution in [2.24, 2.45) is 0 Å². The maximum absolute atomic E-state index is 12.9. The van der Waals surface area contributed by atoms with Crippen LogP contribution in [-0.4, -0.2) is 41.5 Å². The third-order valence-electron chi connectivity index (χ3n) is 6.81. The van der Waals surface area contributed by atoms with Crippen LogP contribution in [0.4, 0.5) is 0 Å². The van der Waals surface area contributed by atoms with Crippen molar-refractivity contribution in [1.29, 1.82) is 0 Å². The van der Waals surface area contributed by atoms with Gasteiger partial charge in [0.05, 0.1) is 46.5 Å². The fourth-order valence-electron chi connectivity index (χ4n) is 4.84. The number of hydrogen-bond acceptors (Lipinski definition) is 7. The third-order valence-corrected chi connectivity index (χ3v) is 6.81. The zero-order chi connectivity index (χ0) is 26.9. The van der Waals surface area contributed by atoms with Crippen LogP contribution >= 0.6 is 0 Å². The molecule has 0 bridgehead atoms. The molecule has 0 amide bonds. The minimum Gasteiger partial charge on any atom is -0.497 e. The second-order valence-corrected chi connectivity index (χ2v) is 8.71. The first-order valence-electron chi connectivity index (χ1n) is 12.0. The van der Waals surface area contributed by atoms with E-state index in [1.165, 1.54) is 7.11 Å². The topological polar surface area (TPSA) is 72.5 Å². The van der Waals surface area contributed by atoms with Gasteiger partial charge in [0.25, 0.3) is 0 Å². The molecular weight excluding hydrogens is 484 g/mol. The molecule has 0 atom stereocenters. The molecule has 0 spiro atoms. The van der Waals surface area contributed by atoms with Gasteiger partial charge in [-0.15, -0.1) is 0 Å². The van der Waals surface area contributed by atoms with Crippen LogP contribution in [0.3, 0.4) is 0 Å². The third kappa shape index (κ3) is 4.06. The van der Waals surface area contributed by atoms with E-state index in [-0.39, 0.29) is 0 Å². The van der Waals surface area contributed by atoms with Crippen LogP contribution in [0.5, 0.6) is 28.7 Å². The van der Waals surface area contributed by atoms with E-state index in [9.17, 15) is 4.79 Å². The Morgan fingerprint density at radius 2 is 1.29 bits per heavy atom. The van der Waals surface area contributed by atoms with Gasteiger partial charge in [-0.2, -0.15) is 0 Å². The Bertz CT molecular complexity index is 1470. The fourth-order valence-corrected chi connectivity index (χ4v) is 4.84. The smallest absolute Gasteiger partial charge is 0.338 e. The normalized spacial score (nSPS) is 13.3. The van der Waals surface area contributed by atoms with Gasteiger partial charge in [0.2, 0.25) is 0 Å². The quantitative estimate of drug-likeness (QED) is 0.281. The number of rotatable bonds is 7. The first-order chi connectivity index (χ1) is 18.5. The van der Waals surface area contributed by atoms with E-state index < -0.39 is 11.6 Å². The lowest BCUT2D eigenvalue weighted by Gasteiger charge is -2.37. The minimum atomic E-state index is -1.03. The van der Waals surface area contributed by atoms with Gasteiger partial charge < -0.3 is 28.4 Å². The molecule has 0 aromatic heterocycles. The zero-order valence-corrected chi connectivity index (χ0v) is 21.9. The number of carbonyl (C=O) groups is 1. The second-order valence-electron chi connectivity index (χ2n) is 8.71. The molecule has 38 heavy (non-hydrogen) atoms. The average Bonchev–Trinajstić information content (AvgIpc) is 2.99. The molecule has 1 aliphatic rings. The molecule has 1 aliphatic heterocycles. The highest BCUT2D eigenvalue weighted by atomic mass is 16.5. The largest absolute Gasteiger partial charge is 0.497 e. The Labute approximate surface area is 221 Å². The van der Waals surface area contributed by atoms with Gasteiger partial charge in [0.15, 0.2) is 5.60 Å². The van der Waals surface area contributed by atoms with Crippen molar-refractivity contribution >= 4 is 22.8 Å². The molecule has 4 aromatic rings. The van der Waals surface area contributed by atoms with Crippen molar-refractivity contribution in [2.75, 3.05) is 35.5 Å². The molecule has 0 saturated heterocycles. The number of methoxy groups -OCH3 is 5. The van der Waals surface area contributed by atoms with Crippen molar-refractivity contribution < 1.29 is 33.2 Å². The molecule has 0 unspecified atom stereocenters. The Kier molecular flexibility index (Phi) is 6.59. The number of carbonyl (C=O) groups excluding carboxylic acids is 1. The van der Waals surface area contributed by atoms with Gasteiger partial charge in [-0.3, -0.25) is 0 Å². The minimum absolute atomic E-state index is 0.375. The molecule has 5 rings (SSSR count). The number of hydrogen-bond donors (Lipinski definition) is 0. The molecule has 7 nitrogen and oxygen atoms in total. The zero-order valence-electron chi connectivity index (χ0n) is 21.9. The summed E-state index contributed by atoms with van der Waals surface area (Å²) in [7, 11) is 7.79. The summed E-state index contributed by atoms with van der Waals surface area (Å²) in [5.41, 5.74) is 1.69. The van der Waals surface area contributed by atoms with Gasteiger partial charge in [-0.25, -0.2) is 4.79 Å². The monoisotopic (exact) mass is 512 g/mol. The molecule has 0 aliphatic carbocycles. The van der Waals surface area contributed by atoms with Crippen LogP contribution in [0.15, 0.2) is 72.8 Å². The highest BCUT2D eigenvalue weighted by Crippen LogP contribution is 2.49. The number of fused-ring (bicyclic) bond motifs is 3. The van der Waals surface area contributed by atoms with E-state index in [1.54, 1.807) is 40.6 Å². The predicted molar refractivity (Wildman–Crippen MR) is 145 cm³/mol. The highest BCUT2D eigenvalue weighted by molar-refractivity contribution is 6.06. The molecule has 0 fully saturated rings. The summed E-state index contributed by atoms with van der Waals surface area (Å²) in [5.74, 6) is 2.63. The molecule has 0 saturated carbocycles. The summed E-state index contributed by atoms with van der Waals surface area (Å²) in [5, 5.41) is 1.43. The first-order valence-corrected chi connectivity index (χ1v) is 12.0. The van der Waals surface area contributed by atoms with E-state index in [2.05, 4.69) is 0 Å². The summed E-state index contributed by atoms with van der Waals surface area (Å²) in [4.78, 5) is 12.9. The van der Waals surface area contributed by atoms with E-state index in [0.29, 0.717) is 39.1 Å². The van der Waals surface area contributed by atoms with Gasteiger partial charge >= 0.3 is 5.97 Å². The molecule has 1 heterocycles. The standard InChI is InChI=1S/C31H28O7/c1-33-22-10-6-20(7-11-22)31(21-8-12-23(34-2)13-9-21)15-14-25-26(30(32)37-5)17-19-16-24(35-3)18-27(36-4)28(19)29(25)38-31/h6-18H,1-5H3. The van der Waals surface area contributed by atoms with E-state index in [4.69, 9.17) is 28.4 Å². The lowest BCUT2D eigenvalue weighted by molar-refractivity contribution is 0.0599. The van der Waals surface area contributed by atoms with Crippen molar-refractivity contribution in [1.82, 2.24) is 0 Å². The maximum atomic E-state index is 12.9. The van der Waals surface area contributed by atoms with Gasteiger partial charge in [-0.05, 0) is 53.9 Å². The SMILES string of the molecule is COC(=O)c1cc2cc(OC)cc(OC)c2c2c1C=CC(c1ccc(OC)cc1)(c1ccc(OC)cc1)O2. The summed E-state index contributed by atoms with van der Waals surface area (Å²) in [6, 6.07) is 20.8. The Morgan fingerprint density at radius 3 is 1.79 bits per heavy atom. The van der Waals surface area contributed by atoms with Gasteiger partial charge in [0.1, 0.15) is 28.7 Å². The van der Waals surface area contributed by atoms with Crippen molar-refractivity contribution in [3.05, 3.63) is 95.1 Å². The lowest BCUT2D eigenvalue weighted by Crippen LogP contribution is -2.34. The van der Waals surface area contributed by atoms with Crippen LogP contribution in [0, 0.1) is 0 Å². The molecule has 194 valence electrons. The van der Waals surface area contributed by atoms with Crippen LogP contribution in [0.25, 0.3) is 16.8 Å². The Balaban J connectivity index is 1.82. The number of benzene rings is 4. The molecule has 7 heteroatoms. The molecule has 0 N–H and O–H groups in total. The molecular formula is C31H28O7. The van der Waals surface area contributed by atoms with Gasteiger partial charge in [-0.1, -0.05) is 24.3 Å². The van der Waals surface area contributed by atoms with Crippen LogP contribution in [0.2, 0.25) is 0 Å². The van der Waals surface area contributed by atoms with Crippen LogP contribution in [0.1, 0.15) is 27.0 Å². The average molecular weight is 513 g/mol. The lowest BCUT2D eigenvalue weighted by atomic mass is 9.82. The highest BCUT2D eigenvalue weighted by Gasteiger charge is 2.39. The van der Waals surface area contributed by atoms with Crippen molar-refractivity contribution in [2.45, 2.75) is 5.60 Å². The van der Waals surface area contributed by atoms with E-state index in [1.807, 2.05) is 66.7 Å². The number of ether oxygens (including phenoxy) is 6. The van der Waals surface area contributed by atoms with Crippen LogP contribution in [-0.2, 0) is 10.3 Å². The summed E-state index contributed by atoms with van der Waals surface area (Å²) in [6.45, 7) is 0. The van der Waals surface area contributed by atoms with Gasteiger partial charge in [0, 0.05) is 22.8 Å². The second kappa shape index (κ2) is 10.0. The fraction of sp³-hybridized carbons (Fsp3) is 0.194. The summed E-state index contributed by atoms with van der Waals surface area (Å²) in [6.07, 6.45) is 3.86. The van der Waals surface area contributed by atoms with Crippen molar-refractivity contribution in [3.63, 3.8) is 0 Å². The summed E-state index contributed by atoms with van der Waals surface area (Å²) >= 11 is 0. The predicted octanol–water partition coefficient (Wildman–Crippen LogP) is 6.01. The van der Waals surface area contributed by atoms with Crippen LogP contribution < -0.4 is 23.7 Å². The van der Waals surface area contributed by atoms with E-state index in [0.717, 1.165) is 22.6 Å². The first kappa shape index (κ1) is 25.0. The van der Waals surface area contributed by atoms with Crippen molar-refractivity contribution in [3.8, 4) is 28.7 Å². The Hall–Kier alpha value is -4.65. The summed E-state index contributed by atoms with van der Waals surface area (Å²) < 4.78 is 34.2. The molecule has 4 aromatic carbocycles. The van der Waals surface area contributed by atoms with E-state index >= 15 is 0 Å². The molecule has 0 radical (unpaired) electrons. The maximum Gasteiger partial charge on any atom is 0.338 e. The number of esters is 1. The Morgan fingerprint density at radius 1 is 0.711 bits per heavy atom.